The van der Waals surface area contributed by atoms with Crippen molar-refractivity contribution >= 4 is 15.9 Å². The summed E-state index contributed by atoms with van der Waals surface area (Å²) in [5, 5.41) is 3.04. The third-order valence-electron chi connectivity index (χ3n) is 8.83. The number of carbonyl (C=O) groups is 1. The van der Waals surface area contributed by atoms with Gasteiger partial charge >= 0.3 is 18.0 Å². The molecule has 1 amide bonds. The first-order valence-electron chi connectivity index (χ1n) is 12.6. The molecule has 4 rings (SSSR count). The summed E-state index contributed by atoms with van der Waals surface area (Å²) in [6.45, 7) is 1.96. The van der Waals surface area contributed by atoms with E-state index in [9.17, 15) is 43.9 Å². The van der Waals surface area contributed by atoms with Crippen LogP contribution in [0.15, 0.2) is 18.2 Å². The van der Waals surface area contributed by atoms with Crippen molar-refractivity contribution < 1.29 is 48.7 Å². The van der Waals surface area contributed by atoms with E-state index < -0.39 is 45.1 Å². The van der Waals surface area contributed by atoms with Crippen molar-refractivity contribution in [3.05, 3.63) is 34.9 Å². The number of benzene rings is 1. The molecule has 1 aromatic carbocycles. The molecule has 1 aromatic rings. The van der Waals surface area contributed by atoms with E-state index in [1.165, 1.54) is 11.4 Å². The Bertz CT molecular complexity index is 1210. The monoisotopic (exact) mass is 588 g/mol. The Morgan fingerprint density at radius 2 is 1.72 bits per heavy atom. The maximum Gasteiger partial charge on any atom is 0.435 e. The first-order valence-corrected chi connectivity index (χ1v) is 14.5. The lowest BCUT2D eigenvalue weighted by atomic mass is 9.74. The molecule has 39 heavy (non-hydrogen) atoms. The van der Waals surface area contributed by atoms with E-state index >= 15 is 0 Å². The van der Waals surface area contributed by atoms with Crippen molar-refractivity contribution in [2.75, 3.05) is 26.5 Å². The Labute approximate surface area is 222 Å². The quantitative estimate of drug-likeness (QED) is 0.511. The van der Waals surface area contributed by atoms with Crippen LogP contribution in [0.2, 0.25) is 0 Å². The highest BCUT2D eigenvalue weighted by molar-refractivity contribution is 7.88. The molecule has 6 nitrogen and oxygen atoms in total. The first-order chi connectivity index (χ1) is 17.9. The van der Waals surface area contributed by atoms with E-state index in [1.54, 1.807) is 6.92 Å². The standard InChI is InChI=1S/C25H31F7N2O4S/c1-14-13-34(39(3,36)37)11-10-22(14,38-2)21(35)33-20-9-8-18-17-7-5-16(12-15(17)4-6-19(18)20)23(26,24(27,28)29)25(30,31)32/h5,7,12,14,18-20H,4,6,8-11,13H2,1-3H3,(H,33,35)/t14?,18-,19+,20+,22?/m0/s1. The number of piperidine rings is 1. The fourth-order valence-corrected chi connectivity index (χ4v) is 7.57. The highest BCUT2D eigenvalue weighted by atomic mass is 32.2. The van der Waals surface area contributed by atoms with Crippen LogP contribution < -0.4 is 5.32 Å². The van der Waals surface area contributed by atoms with Crippen LogP contribution in [-0.4, -0.2) is 69.1 Å². The molecule has 0 bridgehead atoms. The van der Waals surface area contributed by atoms with Gasteiger partial charge in [0.2, 0.25) is 10.0 Å². The number of methoxy groups -OCH3 is 1. The largest absolute Gasteiger partial charge is 0.435 e. The van der Waals surface area contributed by atoms with Gasteiger partial charge in [-0.3, -0.25) is 4.79 Å². The van der Waals surface area contributed by atoms with Crippen LogP contribution in [0, 0.1) is 11.8 Å². The lowest BCUT2D eigenvalue weighted by Gasteiger charge is -2.44. The topological polar surface area (TPSA) is 75.7 Å². The number of nitrogens with one attached hydrogen (secondary N) is 1. The second kappa shape index (κ2) is 9.86. The Kier molecular flexibility index (Phi) is 7.60. The zero-order valence-electron chi connectivity index (χ0n) is 21.6. The summed E-state index contributed by atoms with van der Waals surface area (Å²) in [5.41, 5.74) is -7.41. The van der Waals surface area contributed by atoms with Crippen molar-refractivity contribution in [3.63, 3.8) is 0 Å². The molecular weight excluding hydrogens is 557 g/mol. The van der Waals surface area contributed by atoms with Crippen LogP contribution in [0.4, 0.5) is 30.7 Å². The van der Waals surface area contributed by atoms with E-state index in [4.69, 9.17) is 4.74 Å². The van der Waals surface area contributed by atoms with Crippen molar-refractivity contribution in [1.29, 1.82) is 0 Å². The molecule has 3 aliphatic rings. The maximum absolute atomic E-state index is 14.6. The first kappa shape index (κ1) is 30.0. The zero-order chi connectivity index (χ0) is 29.2. The minimum atomic E-state index is -6.18. The van der Waals surface area contributed by atoms with Crippen LogP contribution >= 0.6 is 0 Å². The summed E-state index contributed by atoms with van der Waals surface area (Å²) >= 11 is 0. The minimum Gasteiger partial charge on any atom is -0.368 e. The van der Waals surface area contributed by atoms with Gasteiger partial charge in [-0.15, -0.1) is 0 Å². The number of sulfonamides is 1. The van der Waals surface area contributed by atoms with Crippen LogP contribution in [0.3, 0.4) is 0 Å². The summed E-state index contributed by atoms with van der Waals surface area (Å²) in [7, 11) is -2.05. The average Bonchev–Trinajstić information content (AvgIpc) is 3.24. The van der Waals surface area contributed by atoms with Gasteiger partial charge in [0.25, 0.3) is 5.91 Å². The third kappa shape index (κ3) is 4.94. The van der Waals surface area contributed by atoms with E-state index in [2.05, 4.69) is 5.32 Å². The van der Waals surface area contributed by atoms with Crippen LogP contribution in [0.25, 0.3) is 0 Å². The average molecular weight is 589 g/mol. The van der Waals surface area contributed by atoms with Gasteiger partial charge in [-0.25, -0.2) is 17.1 Å². The van der Waals surface area contributed by atoms with E-state index in [0.717, 1.165) is 12.3 Å². The molecule has 0 radical (unpaired) electrons. The maximum atomic E-state index is 14.6. The molecule has 220 valence electrons. The number of hydrogen-bond acceptors (Lipinski definition) is 4. The molecule has 0 spiro atoms. The predicted molar refractivity (Wildman–Crippen MR) is 127 cm³/mol. The van der Waals surface area contributed by atoms with Crippen molar-refractivity contribution in [2.45, 2.75) is 74.6 Å². The lowest BCUT2D eigenvalue weighted by Crippen LogP contribution is -2.62. The van der Waals surface area contributed by atoms with Gasteiger partial charge in [0.15, 0.2) is 5.60 Å². The fourth-order valence-electron chi connectivity index (χ4n) is 6.65. The number of rotatable bonds is 5. The molecule has 5 atom stereocenters. The molecule has 0 aromatic heterocycles. The number of aryl methyl sites for hydroxylation is 1. The Balaban J connectivity index is 1.53. The van der Waals surface area contributed by atoms with E-state index in [1.807, 2.05) is 0 Å². The molecule has 1 saturated heterocycles. The second-order valence-electron chi connectivity index (χ2n) is 10.9. The van der Waals surface area contributed by atoms with Gasteiger partial charge in [-0.1, -0.05) is 25.1 Å². The number of ether oxygens (including phenoxy) is 1. The Morgan fingerprint density at radius 3 is 2.26 bits per heavy atom. The smallest absolute Gasteiger partial charge is 0.368 e. The summed E-state index contributed by atoms with van der Waals surface area (Å²) in [6, 6.07) is 2.07. The molecule has 14 heteroatoms. The van der Waals surface area contributed by atoms with E-state index in [-0.39, 0.29) is 55.3 Å². The van der Waals surface area contributed by atoms with Crippen LogP contribution in [0.5, 0.6) is 0 Å². The van der Waals surface area contributed by atoms with Gasteiger partial charge in [-0.05, 0) is 55.1 Å². The zero-order valence-corrected chi connectivity index (χ0v) is 22.4. The second-order valence-corrected chi connectivity index (χ2v) is 12.9. The minimum absolute atomic E-state index is 0.110. The molecule has 1 heterocycles. The lowest BCUT2D eigenvalue weighted by molar-refractivity contribution is -0.348. The van der Waals surface area contributed by atoms with Gasteiger partial charge in [0, 0.05) is 37.7 Å². The normalized spacial score (nSPS) is 30.5. The molecule has 2 unspecified atom stereocenters. The van der Waals surface area contributed by atoms with Crippen molar-refractivity contribution in [3.8, 4) is 0 Å². The SMILES string of the molecule is COC1(C(=O)N[C@@H]2CC[C@H]3c4ccc(C(F)(C(F)(F)F)C(F)(F)F)cc4CC[C@@H]23)CCN(S(C)(=O)=O)CC1C. The molecule has 2 aliphatic carbocycles. The van der Waals surface area contributed by atoms with Crippen molar-refractivity contribution in [2.24, 2.45) is 11.8 Å². The number of amides is 1. The molecule has 1 aliphatic heterocycles. The summed E-state index contributed by atoms with van der Waals surface area (Å²) in [5.74, 6) is -1.17. The van der Waals surface area contributed by atoms with Crippen molar-refractivity contribution in [1.82, 2.24) is 9.62 Å². The predicted octanol–water partition coefficient (Wildman–Crippen LogP) is 4.59. The third-order valence-corrected chi connectivity index (χ3v) is 10.1. The highest BCUT2D eigenvalue weighted by Crippen LogP contribution is 2.55. The number of nitrogens with zero attached hydrogens (tertiary/aromatic N) is 1. The Hall–Kier alpha value is -1.93. The van der Waals surface area contributed by atoms with Crippen LogP contribution in [-0.2, 0) is 31.6 Å². The number of hydrogen-bond donors (Lipinski definition) is 1. The number of fused-ring (bicyclic) bond motifs is 3. The number of halogens is 7. The highest BCUT2D eigenvalue weighted by Gasteiger charge is 2.73. The Morgan fingerprint density at radius 1 is 1.08 bits per heavy atom. The number of alkyl halides is 7. The molecule has 1 N–H and O–H groups in total. The fraction of sp³-hybridized carbons (Fsp3) is 0.720. The van der Waals surface area contributed by atoms with Gasteiger partial charge < -0.3 is 10.1 Å². The summed E-state index contributed by atoms with van der Waals surface area (Å²) < 4.78 is 125. The summed E-state index contributed by atoms with van der Waals surface area (Å²) in [6.07, 6.45) is -9.50. The van der Waals surface area contributed by atoms with E-state index in [0.29, 0.717) is 37.0 Å². The molecular formula is C25H31F7N2O4S. The van der Waals surface area contributed by atoms with Gasteiger partial charge in [0.1, 0.15) is 0 Å². The van der Waals surface area contributed by atoms with Gasteiger partial charge in [-0.2, -0.15) is 26.3 Å². The molecule has 1 saturated carbocycles. The summed E-state index contributed by atoms with van der Waals surface area (Å²) in [4.78, 5) is 13.5. The van der Waals surface area contributed by atoms with Crippen LogP contribution in [0.1, 0.15) is 55.2 Å². The van der Waals surface area contributed by atoms with Gasteiger partial charge in [0.05, 0.1) is 6.26 Å². The number of carbonyl (C=O) groups excluding carboxylic acids is 1. The molecule has 2 fully saturated rings.